The average Bonchev–Trinajstić information content (AvgIpc) is 2.36. The zero-order chi connectivity index (χ0) is 15.7. The van der Waals surface area contributed by atoms with E-state index in [2.05, 4.69) is 5.32 Å². The van der Waals surface area contributed by atoms with Crippen molar-refractivity contribution in [3.8, 4) is 0 Å². The Morgan fingerprint density at radius 3 is 2.38 bits per heavy atom. The Morgan fingerprint density at radius 2 is 1.86 bits per heavy atom. The highest BCUT2D eigenvalue weighted by Gasteiger charge is 2.34. The minimum Gasteiger partial charge on any atom is -0.398 e. The fourth-order valence-corrected chi connectivity index (χ4v) is 2.31. The van der Waals surface area contributed by atoms with Crippen molar-refractivity contribution in [1.29, 1.82) is 0 Å². The van der Waals surface area contributed by atoms with Crippen LogP contribution in [0.2, 0.25) is 0 Å². The van der Waals surface area contributed by atoms with Crippen LogP contribution >= 0.6 is 0 Å². The summed E-state index contributed by atoms with van der Waals surface area (Å²) in [5, 5.41) is 2.92. The molecule has 0 aliphatic carbocycles. The number of imide groups is 1. The number of hydrazine groups is 1. The van der Waals surface area contributed by atoms with Gasteiger partial charge in [0.2, 0.25) is 5.91 Å². The van der Waals surface area contributed by atoms with Crippen LogP contribution in [0, 0.1) is 6.92 Å². The third-order valence-electron chi connectivity index (χ3n) is 3.34. The van der Waals surface area contributed by atoms with Gasteiger partial charge >= 0.3 is 0 Å². The molecule has 3 amide bonds. The first-order valence-corrected chi connectivity index (χ1v) is 6.38. The number of anilines is 2. The van der Waals surface area contributed by atoms with Gasteiger partial charge in [0.15, 0.2) is 0 Å². The molecular weight excluding hydrogens is 274 g/mol. The van der Waals surface area contributed by atoms with Crippen LogP contribution in [0.25, 0.3) is 0 Å². The predicted molar refractivity (Wildman–Crippen MR) is 76.5 cm³/mol. The number of nitrogens with one attached hydrogen (secondary N) is 1. The van der Waals surface area contributed by atoms with Gasteiger partial charge in [0.25, 0.3) is 11.8 Å². The van der Waals surface area contributed by atoms with Crippen LogP contribution < -0.4 is 22.6 Å². The van der Waals surface area contributed by atoms with E-state index in [4.69, 9.17) is 17.3 Å². The largest absolute Gasteiger partial charge is 0.398 e. The number of benzene rings is 1. The van der Waals surface area contributed by atoms with Crippen molar-refractivity contribution in [2.45, 2.75) is 25.8 Å². The number of hydrogen-bond donors (Lipinski definition) is 4. The normalized spacial score (nSPS) is 18.3. The number of nitrogen functional groups attached to an aromatic ring is 2. The Morgan fingerprint density at radius 1 is 1.29 bits per heavy atom. The fourth-order valence-electron chi connectivity index (χ4n) is 2.31. The van der Waals surface area contributed by atoms with Crippen molar-refractivity contribution in [3.63, 3.8) is 0 Å². The minimum atomic E-state index is -0.921. The second-order valence-electron chi connectivity index (χ2n) is 5.00. The molecule has 0 spiro atoms. The molecular formula is C13H17N5O3. The first kappa shape index (κ1) is 14.8. The summed E-state index contributed by atoms with van der Waals surface area (Å²) < 4.78 is 0. The summed E-state index contributed by atoms with van der Waals surface area (Å²) in [6.07, 6.45) is 0.287. The summed E-state index contributed by atoms with van der Waals surface area (Å²) in [5.74, 6) is 4.09. The maximum atomic E-state index is 12.4. The molecule has 112 valence electrons. The lowest BCUT2D eigenvalue weighted by atomic mass is 10.0. The molecule has 1 aliphatic rings. The van der Waals surface area contributed by atoms with Crippen LogP contribution in [-0.4, -0.2) is 28.8 Å². The molecule has 21 heavy (non-hydrogen) atoms. The van der Waals surface area contributed by atoms with Gasteiger partial charge in [-0.1, -0.05) is 0 Å². The van der Waals surface area contributed by atoms with Gasteiger partial charge < -0.3 is 11.5 Å². The lowest BCUT2D eigenvalue weighted by Gasteiger charge is -2.29. The van der Waals surface area contributed by atoms with Crippen LogP contribution in [0.15, 0.2) is 12.1 Å². The highest BCUT2D eigenvalue weighted by Crippen LogP contribution is 2.24. The van der Waals surface area contributed by atoms with Gasteiger partial charge in [0.1, 0.15) is 6.04 Å². The van der Waals surface area contributed by atoms with E-state index in [1.807, 2.05) is 0 Å². The molecule has 0 saturated carbocycles. The number of nitrogens with zero attached hydrogens (tertiary/aromatic N) is 1. The van der Waals surface area contributed by atoms with Crippen molar-refractivity contribution in [2.24, 2.45) is 5.84 Å². The summed E-state index contributed by atoms with van der Waals surface area (Å²) in [6.45, 7) is 1.79. The molecule has 0 aromatic heterocycles. The Bertz CT molecular complexity index is 605. The van der Waals surface area contributed by atoms with E-state index in [9.17, 15) is 14.4 Å². The standard InChI is InChI=1S/C13H17N5O3/c1-6-4-7(14)11(8(15)5-6)13(21)18(16)9-2-3-10(19)17-12(9)20/h4-5,9H,2-3,14-16H2,1H3,(H,17,19,20). The molecule has 7 N–H and O–H groups in total. The molecule has 1 aliphatic heterocycles. The Hall–Kier alpha value is -2.61. The van der Waals surface area contributed by atoms with Crippen molar-refractivity contribution in [2.75, 3.05) is 11.5 Å². The number of hydrogen-bond acceptors (Lipinski definition) is 6. The van der Waals surface area contributed by atoms with E-state index >= 15 is 0 Å². The second kappa shape index (κ2) is 5.41. The second-order valence-corrected chi connectivity index (χ2v) is 5.00. The maximum absolute atomic E-state index is 12.4. The van der Waals surface area contributed by atoms with E-state index < -0.39 is 17.9 Å². The quantitative estimate of drug-likeness (QED) is 0.186. The third kappa shape index (κ3) is 2.79. The molecule has 2 rings (SSSR count). The Kier molecular flexibility index (Phi) is 3.81. The molecule has 1 saturated heterocycles. The van der Waals surface area contributed by atoms with Crippen LogP contribution in [0.4, 0.5) is 11.4 Å². The van der Waals surface area contributed by atoms with Crippen molar-refractivity contribution < 1.29 is 14.4 Å². The smallest absolute Gasteiger partial charge is 0.272 e. The van der Waals surface area contributed by atoms with Gasteiger partial charge in [-0.25, -0.2) is 5.84 Å². The molecule has 8 heteroatoms. The molecule has 1 fully saturated rings. The van der Waals surface area contributed by atoms with Gasteiger partial charge in [0, 0.05) is 17.8 Å². The first-order chi connectivity index (χ1) is 9.81. The topological polar surface area (TPSA) is 145 Å². The Balaban J connectivity index is 2.28. The Labute approximate surface area is 121 Å². The molecule has 1 atom stereocenters. The van der Waals surface area contributed by atoms with E-state index in [1.165, 1.54) is 0 Å². The van der Waals surface area contributed by atoms with Crippen molar-refractivity contribution in [3.05, 3.63) is 23.3 Å². The molecule has 1 heterocycles. The lowest BCUT2D eigenvalue weighted by molar-refractivity contribution is -0.136. The molecule has 0 radical (unpaired) electrons. The molecule has 1 aromatic carbocycles. The van der Waals surface area contributed by atoms with Crippen molar-refractivity contribution >= 4 is 29.1 Å². The first-order valence-electron chi connectivity index (χ1n) is 6.38. The summed E-state index contributed by atoms with van der Waals surface area (Å²) in [6, 6.07) is 2.28. The third-order valence-corrected chi connectivity index (χ3v) is 3.34. The minimum absolute atomic E-state index is 0.0628. The average molecular weight is 291 g/mol. The van der Waals surface area contributed by atoms with Crippen LogP contribution in [0.1, 0.15) is 28.8 Å². The van der Waals surface area contributed by atoms with Crippen molar-refractivity contribution in [1.82, 2.24) is 10.3 Å². The van der Waals surface area contributed by atoms with E-state index in [0.29, 0.717) is 0 Å². The van der Waals surface area contributed by atoms with Crippen LogP contribution in [0.3, 0.4) is 0 Å². The highest BCUT2D eigenvalue weighted by molar-refractivity contribution is 6.07. The van der Waals surface area contributed by atoms with Gasteiger partial charge in [-0.2, -0.15) is 0 Å². The summed E-state index contributed by atoms with van der Waals surface area (Å²) >= 11 is 0. The van der Waals surface area contributed by atoms with Gasteiger partial charge in [-0.15, -0.1) is 0 Å². The van der Waals surface area contributed by atoms with Crippen LogP contribution in [-0.2, 0) is 9.59 Å². The summed E-state index contributed by atoms with van der Waals surface area (Å²) in [4.78, 5) is 35.2. The van der Waals surface area contributed by atoms with E-state index in [1.54, 1.807) is 19.1 Å². The SMILES string of the molecule is Cc1cc(N)c(C(=O)N(N)C2CCC(=O)NC2=O)c(N)c1. The molecule has 1 unspecified atom stereocenters. The van der Waals surface area contributed by atoms with Gasteiger partial charge in [0.05, 0.1) is 5.56 Å². The number of carbonyl (C=O) groups is 3. The predicted octanol–water partition coefficient (Wildman–Crippen LogP) is -0.719. The zero-order valence-corrected chi connectivity index (χ0v) is 11.6. The fraction of sp³-hybridized carbons (Fsp3) is 0.308. The van der Waals surface area contributed by atoms with E-state index in [0.717, 1.165) is 10.6 Å². The number of piperidine rings is 1. The number of rotatable bonds is 2. The number of amides is 3. The highest BCUT2D eigenvalue weighted by atomic mass is 16.2. The zero-order valence-electron chi connectivity index (χ0n) is 11.6. The summed E-state index contributed by atoms with van der Waals surface area (Å²) in [5.41, 5.74) is 12.9. The molecule has 0 bridgehead atoms. The number of aryl methyl sites for hydroxylation is 1. The lowest BCUT2D eigenvalue weighted by Crippen LogP contribution is -2.57. The maximum Gasteiger partial charge on any atom is 0.272 e. The number of nitrogens with two attached hydrogens (primary N) is 3. The van der Waals surface area contributed by atoms with Crippen LogP contribution in [0.5, 0.6) is 0 Å². The molecule has 8 nitrogen and oxygen atoms in total. The summed E-state index contributed by atoms with van der Waals surface area (Å²) in [7, 11) is 0. The van der Waals surface area contributed by atoms with Gasteiger partial charge in [-0.05, 0) is 31.0 Å². The molecule has 1 aromatic rings. The van der Waals surface area contributed by atoms with E-state index in [-0.39, 0.29) is 35.7 Å². The van der Waals surface area contributed by atoms with Gasteiger partial charge in [-0.3, -0.25) is 24.7 Å². The monoisotopic (exact) mass is 291 g/mol. The number of carbonyl (C=O) groups excluding carboxylic acids is 3.